The normalized spacial score (nSPS) is 17.2. The van der Waals surface area contributed by atoms with E-state index < -0.39 is 17.3 Å². The summed E-state index contributed by atoms with van der Waals surface area (Å²) in [5, 5.41) is 0. The number of fused-ring (bicyclic) bond motifs is 1. The molecule has 3 heterocycles. The zero-order chi connectivity index (χ0) is 18.3. The summed E-state index contributed by atoms with van der Waals surface area (Å²) in [6, 6.07) is -0.552. The summed E-state index contributed by atoms with van der Waals surface area (Å²) in [5.41, 5.74) is -0.301. The molecule has 0 aliphatic carbocycles. The van der Waals surface area contributed by atoms with Gasteiger partial charge in [-0.25, -0.2) is 9.78 Å². The zero-order valence-corrected chi connectivity index (χ0v) is 15.1. The smallest absolute Gasteiger partial charge is 0.332 e. The summed E-state index contributed by atoms with van der Waals surface area (Å²) in [4.78, 5) is 45.7. The monoisotopic (exact) mass is 348 g/mol. The number of piperazine rings is 1. The molecule has 25 heavy (non-hydrogen) atoms. The van der Waals surface area contributed by atoms with E-state index in [2.05, 4.69) is 16.8 Å². The number of carbonyl (C=O) groups is 1. The number of imidazole rings is 1. The lowest BCUT2D eigenvalue weighted by molar-refractivity contribution is -0.135. The first-order chi connectivity index (χ1) is 11.9. The second-order valence-electron chi connectivity index (χ2n) is 6.47. The van der Waals surface area contributed by atoms with Gasteiger partial charge in [-0.05, 0) is 13.5 Å². The molecule has 9 nitrogen and oxygen atoms in total. The summed E-state index contributed by atoms with van der Waals surface area (Å²) in [7, 11) is 3.00. The largest absolute Gasteiger partial charge is 0.338 e. The van der Waals surface area contributed by atoms with Gasteiger partial charge in [-0.15, -0.1) is 0 Å². The molecular formula is C16H24N6O3. The number of nitrogens with zero attached hydrogens (tertiary/aromatic N) is 6. The van der Waals surface area contributed by atoms with Crippen molar-refractivity contribution in [3.63, 3.8) is 0 Å². The van der Waals surface area contributed by atoms with Crippen LogP contribution < -0.4 is 11.2 Å². The summed E-state index contributed by atoms with van der Waals surface area (Å²) in [6.07, 6.45) is 1.47. The summed E-state index contributed by atoms with van der Waals surface area (Å²) in [6.45, 7) is 7.93. The molecule has 1 amide bonds. The van der Waals surface area contributed by atoms with Crippen LogP contribution in [0.25, 0.3) is 11.2 Å². The molecule has 0 spiro atoms. The molecule has 136 valence electrons. The lowest BCUT2D eigenvalue weighted by atomic mass is 10.2. The molecular weight excluding hydrogens is 324 g/mol. The Morgan fingerprint density at radius 1 is 1.16 bits per heavy atom. The number of aryl methyl sites for hydroxylation is 1. The number of hydrogen-bond acceptors (Lipinski definition) is 5. The Bertz CT molecular complexity index is 916. The van der Waals surface area contributed by atoms with Crippen molar-refractivity contribution in [2.45, 2.75) is 19.9 Å². The Morgan fingerprint density at radius 2 is 1.80 bits per heavy atom. The predicted octanol–water partition coefficient (Wildman–Crippen LogP) is -0.841. The highest BCUT2D eigenvalue weighted by molar-refractivity contribution is 5.82. The highest BCUT2D eigenvalue weighted by atomic mass is 16.2. The Hall–Kier alpha value is -2.42. The van der Waals surface area contributed by atoms with Crippen LogP contribution in [0.3, 0.4) is 0 Å². The number of hydrogen-bond donors (Lipinski definition) is 0. The third-order valence-corrected chi connectivity index (χ3v) is 5.08. The fourth-order valence-corrected chi connectivity index (χ4v) is 3.33. The van der Waals surface area contributed by atoms with Crippen molar-refractivity contribution < 1.29 is 4.79 Å². The van der Waals surface area contributed by atoms with Crippen LogP contribution in [0.2, 0.25) is 0 Å². The van der Waals surface area contributed by atoms with Crippen molar-refractivity contribution in [3.05, 3.63) is 27.2 Å². The average molecular weight is 348 g/mol. The Kier molecular flexibility index (Phi) is 4.51. The van der Waals surface area contributed by atoms with Gasteiger partial charge in [-0.2, -0.15) is 0 Å². The quantitative estimate of drug-likeness (QED) is 0.722. The molecule has 1 aliphatic rings. The fourth-order valence-electron chi connectivity index (χ4n) is 3.33. The van der Waals surface area contributed by atoms with Crippen molar-refractivity contribution in [1.82, 2.24) is 28.5 Å². The van der Waals surface area contributed by atoms with E-state index in [-0.39, 0.29) is 11.4 Å². The maximum Gasteiger partial charge on any atom is 0.332 e. The van der Waals surface area contributed by atoms with Crippen molar-refractivity contribution >= 4 is 17.1 Å². The van der Waals surface area contributed by atoms with E-state index >= 15 is 0 Å². The number of aromatic nitrogens is 4. The highest BCUT2D eigenvalue weighted by Crippen LogP contribution is 2.17. The van der Waals surface area contributed by atoms with Gasteiger partial charge in [0, 0.05) is 40.3 Å². The first-order valence-electron chi connectivity index (χ1n) is 8.50. The van der Waals surface area contributed by atoms with Gasteiger partial charge in [0.15, 0.2) is 11.2 Å². The fraction of sp³-hybridized carbons (Fsp3) is 0.625. The van der Waals surface area contributed by atoms with Gasteiger partial charge in [-0.3, -0.25) is 18.7 Å². The van der Waals surface area contributed by atoms with E-state index in [1.807, 2.05) is 4.90 Å². The molecule has 1 aliphatic heterocycles. The Balaban J connectivity index is 1.96. The van der Waals surface area contributed by atoms with Gasteiger partial charge in [0.05, 0.1) is 6.33 Å². The van der Waals surface area contributed by atoms with Crippen LogP contribution in [0.1, 0.15) is 19.9 Å². The molecule has 1 fully saturated rings. The average Bonchev–Trinajstić information content (AvgIpc) is 3.08. The molecule has 3 rings (SSSR count). The standard InChI is InChI=1S/C16H24N6O3/c1-5-20-6-8-21(9-7-20)14(23)11(2)22-10-17-13-12(22)15(24)19(4)16(25)18(13)3/h10-11H,5-9H2,1-4H3/t11-/m1/s1. The van der Waals surface area contributed by atoms with Gasteiger partial charge in [0.25, 0.3) is 5.56 Å². The van der Waals surface area contributed by atoms with E-state index in [0.29, 0.717) is 18.7 Å². The van der Waals surface area contributed by atoms with Crippen molar-refractivity contribution in [2.75, 3.05) is 32.7 Å². The second-order valence-corrected chi connectivity index (χ2v) is 6.47. The third-order valence-electron chi connectivity index (χ3n) is 5.08. The molecule has 0 bridgehead atoms. The SMILES string of the molecule is CCN1CCN(C(=O)[C@@H](C)n2cnc3c2c(=O)n(C)c(=O)n3C)CC1. The van der Waals surface area contributed by atoms with Gasteiger partial charge < -0.3 is 14.4 Å². The Morgan fingerprint density at radius 3 is 2.40 bits per heavy atom. The number of amides is 1. The van der Waals surface area contributed by atoms with E-state index in [9.17, 15) is 14.4 Å². The van der Waals surface area contributed by atoms with Crippen LogP contribution in [-0.2, 0) is 18.9 Å². The van der Waals surface area contributed by atoms with E-state index in [1.54, 1.807) is 18.5 Å². The van der Waals surface area contributed by atoms with Crippen molar-refractivity contribution in [2.24, 2.45) is 14.1 Å². The minimum absolute atomic E-state index is 0.0361. The van der Waals surface area contributed by atoms with E-state index in [0.717, 1.165) is 24.2 Å². The van der Waals surface area contributed by atoms with E-state index in [1.165, 1.54) is 17.9 Å². The topological polar surface area (TPSA) is 85.4 Å². The zero-order valence-electron chi connectivity index (χ0n) is 15.1. The molecule has 2 aromatic heterocycles. The molecule has 0 N–H and O–H groups in total. The number of rotatable bonds is 3. The van der Waals surface area contributed by atoms with Crippen LogP contribution in [0, 0.1) is 0 Å². The minimum atomic E-state index is -0.552. The van der Waals surface area contributed by atoms with Crippen LogP contribution in [-0.4, -0.2) is 67.1 Å². The molecule has 9 heteroatoms. The Labute approximate surface area is 145 Å². The maximum absolute atomic E-state index is 12.9. The molecule has 2 aromatic rings. The molecule has 0 unspecified atom stereocenters. The maximum atomic E-state index is 12.9. The van der Waals surface area contributed by atoms with Gasteiger partial charge in [0.2, 0.25) is 5.91 Å². The molecule has 0 radical (unpaired) electrons. The van der Waals surface area contributed by atoms with Gasteiger partial charge in [-0.1, -0.05) is 6.92 Å². The van der Waals surface area contributed by atoms with Gasteiger partial charge in [0.1, 0.15) is 6.04 Å². The minimum Gasteiger partial charge on any atom is -0.338 e. The second kappa shape index (κ2) is 6.47. The van der Waals surface area contributed by atoms with Crippen LogP contribution >= 0.6 is 0 Å². The summed E-state index contributed by atoms with van der Waals surface area (Å²) >= 11 is 0. The van der Waals surface area contributed by atoms with Crippen LogP contribution in [0.5, 0.6) is 0 Å². The lowest BCUT2D eigenvalue weighted by Crippen LogP contribution is -2.50. The van der Waals surface area contributed by atoms with E-state index in [4.69, 9.17) is 0 Å². The van der Waals surface area contributed by atoms with Crippen molar-refractivity contribution in [1.29, 1.82) is 0 Å². The van der Waals surface area contributed by atoms with Crippen molar-refractivity contribution in [3.8, 4) is 0 Å². The van der Waals surface area contributed by atoms with Gasteiger partial charge >= 0.3 is 5.69 Å². The molecule has 1 saturated heterocycles. The predicted molar refractivity (Wildman–Crippen MR) is 93.6 cm³/mol. The first-order valence-corrected chi connectivity index (χ1v) is 8.50. The number of likely N-dealkylation sites (N-methyl/N-ethyl adjacent to an activating group) is 1. The lowest BCUT2D eigenvalue weighted by Gasteiger charge is -2.35. The molecule has 0 saturated carbocycles. The van der Waals surface area contributed by atoms with Crippen LogP contribution in [0.15, 0.2) is 15.9 Å². The summed E-state index contributed by atoms with van der Waals surface area (Å²) in [5.74, 6) is -0.0361. The highest BCUT2D eigenvalue weighted by Gasteiger charge is 2.27. The molecule has 1 atom stereocenters. The first kappa shape index (κ1) is 17.4. The molecule has 0 aromatic carbocycles. The third kappa shape index (κ3) is 2.78. The summed E-state index contributed by atoms with van der Waals surface area (Å²) < 4.78 is 3.94. The van der Waals surface area contributed by atoms with Crippen LogP contribution in [0.4, 0.5) is 0 Å². The number of carbonyl (C=O) groups excluding carboxylic acids is 1.